The molecule has 4 heteroatoms. The van der Waals surface area contributed by atoms with Crippen molar-refractivity contribution in [3.63, 3.8) is 0 Å². The summed E-state index contributed by atoms with van der Waals surface area (Å²) in [5, 5.41) is 2.83. The van der Waals surface area contributed by atoms with Crippen molar-refractivity contribution in [1.82, 2.24) is 0 Å². The van der Waals surface area contributed by atoms with Gasteiger partial charge >= 0.3 is 5.97 Å². The van der Waals surface area contributed by atoms with Crippen molar-refractivity contribution in [2.24, 2.45) is 0 Å². The molecule has 2 aromatic carbocycles. The van der Waals surface area contributed by atoms with Gasteiger partial charge in [-0.1, -0.05) is 26.0 Å². The van der Waals surface area contributed by atoms with Gasteiger partial charge in [0.05, 0.1) is 12.7 Å². The van der Waals surface area contributed by atoms with Crippen molar-refractivity contribution in [2.45, 2.75) is 19.8 Å². The molecule has 114 valence electrons. The number of benzene rings is 2. The van der Waals surface area contributed by atoms with Gasteiger partial charge in [0.25, 0.3) is 5.91 Å². The lowest BCUT2D eigenvalue weighted by Crippen LogP contribution is -2.12. The van der Waals surface area contributed by atoms with E-state index in [0.717, 1.165) is 5.69 Å². The van der Waals surface area contributed by atoms with Gasteiger partial charge in [-0.05, 0) is 47.9 Å². The van der Waals surface area contributed by atoms with Crippen molar-refractivity contribution in [3.05, 3.63) is 65.2 Å². The molecule has 0 radical (unpaired) electrons. The molecule has 0 aliphatic carbocycles. The maximum Gasteiger partial charge on any atom is 0.337 e. The van der Waals surface area contributed by atoms with E-state index in [0.29, 0.717) is 17.0 Å². The minimum Gasteiger partial charge on any atom is -0.465 e. The number of carbonyl (C=O) groups excluding carboxylic acids is 2. The molecule has 0 aromatic heterocycles. The monoisotopic (exact) mass is 297 g/mol. The highest BCUT2D eigenvalue weighted by atomic mass is 16.5. The van der Waals surface area contributed by atoms with E-state index in [9.17, 15) is 9.59 Å². The number of methoxy groups -OCH3 is 1. The molecule has 2 aromatic rings. The molecular formula is C18H19NO3. The summed E-state index contributed by atoms with van der Waals surface area (Å²) in [7, 11) is 1.32. The largest absolute Gasteiger partial charge is 0.465 e. The molecule has 0 atom stereocenters. The zero-order chi connectivity index (χ0) is 16.1. The Bertz CT molecular complexity index is 658. The van der Waals surface area contributed by atoms with E-state index in [1.165, 1.54) is 12.7 Å². The van der Waals surface area contributed by atoms with E-state index in [2.05, 4.69) is 23.9 Å². The topological polar surface area (TPSA) is 55.4 Å². The van der Waals surface area contributed by atoms with Crippen molar-refractivity contribution in [1.29, 1.82) is 0 Å². The zero-order valence-corrected chi connectivity index (χ0v) is 12.9. The van der Waals surface area contributed by atoms with Crippen LogP contribution in [0.1, 0.15) is 46.0 Å². The second kappa shape index (κ2) is 6.89. The predicted octanol–water partition coefficient (Wildman–Crippen LogP) is 3.85. The molecule has 0 aliphatic rings. The van der Waals surface area contributed by atoms with Gasteiger partial charge in [0, 0.05) is 11.3 Å². The lowest BCUT2D eigenvalue weighted by Gasteiger charge is -2.09. The lowest BCUT2D eigenvalue weighted by molar-refractivity contribution is 0.0600. The van der Waals surface area contributed by atoms with Crippen LogP contribution in [0.4, 0.5) is 5.69 Å². The summed E-state index contributed by atoms with van der Waals surface area (Å²) in [4.78, 5) is 23.5. The van der Waals surface area contributed by atoms with E-state index in [-0.39, 0.29) is 5.91 Å². The fraction of sp³-hybridized carbons (Fsp3) is 0.222. The van der Waals surface area contributed by atoms with Gasteiger partial charge in [-0.25, -0.2) is 4.79 Å². The van der Waals surface area contributed by atoms with Gasteiger partial charge in [-0.15, -0.1) is 0 Å². The summed E-state index contributed by atoms with van der Waals surface area (Å²) in [6.45, 7) is 4.24. The number of anilines is 1. The Morgan fingerprint density at radius 1 is 0.909 bits per heavy atom. The first kappa shape index (κ1) is 15.8. The highest BCUT2D eigenvalue weighted by molar-refractivity contribution is 6.04. The van der Waals surface area contributed by atoms with E-state index in [1.807, 2.05) is 24.3 Å². The second-order valence-corrected chi connectivity index (χ2v) is 5.30. The summed E-state index contributed by atoms with van der Waals surface area (Å²) in [6, 6.07) is 14.1. The maximum absolute atomic E-state index is 12.2. The molecule has 1 N–H and O–H groups in total. The van der Waals surface area contributed by atoms with Crippen LogP contribution in [-0.2, 0) is 4.74 Å². The third-order valence-corrected chi connectivity index (χ3v) is 3.40. The minimum absolute atomic E-state index is 0.214. The number of nitrogens with one attached hydrogen (secondary N) is 1. The zero-order valence-electron chi connectivity index (χ0n) is 12.9. The molecule has 0 saturated heterocycles. The van der Waals surface area contributed by atoms with Gasteiger partial charge in [-0.2, -0.15) is 0 Å². The Kier molecular flexibility index (Phi) is 4.94. The molecule has 0 spiro atoms. The summed E-state index contributed by atoms with van der Waals surface area (Å²) in [5.41, 5.74) is 2.87. The lowest BCUT2D eigenvalue weighted by atomic mass is 10.0. The number of hydrogen-bond acceptors (Lipinski definition) is 3. The van der Waals surface area contributed by atoms with Crippen molar-refractivity contribution in [2.75, 3.05) is 12.4 Å². The second-order valence-electron chi connectivity index (χ2n) is 5.30. The standard InChI is InChI=1S/C18H19NO3/c1-12(2)13-8-10-16(11-9-13)19-17(20)14-4-6-15(7-5-14)18(21)22-3/h4-12H,1-3H3,(H,19,20). The molecule has 0 unspecified atom stereocenters. The van der Waals surface area contributed by atoms with Crippen LogP contribution >= 0.6 is 0 Å². The molecular weight excluding hydrogens is 278 g/mol. The van der Waals surface area contributed by atoms with E-state index in [1.54, 1.807) is 24.3 Å². The molecule has 0 fully saturated rings. The molecule has 0 heterocycles. The van der Waals surface area contributed by atoms with Gasteiger partial charge in [0.15, 0.2) is 0 Å². The van der Waals surface area contributed by atoms with Gasteiger partial charge in [0.2, 0.25) is 0 Å². The number of amides is 1. The Labute approximate surface area is 130 Å². The number of rotatable bonds is 4. The first-order valence-corrected chi connectivity index (χ1v) is 7.11. The highest BCUT2D eigenvalue weighted by Crippen LogP contribution is 2.17. The van der Waals surface area contributed by atoms with Crippen LogP contribution in [0.2, 0.25) is 0 Å². The molecule has 22 heavy (non-hydrogen) atoms. The average molecular weight is 297 g/mol. The third-order valence-electron chi connectivity index (χ3n) is 3.40. The normalized spacial score (nSPS) is 10.4. The Morgan fingerprint density at radius 2 is 1.45 bits per heavy atom. The van der Waals surface area contributed by atoms with Gasteiger partial charge in [0.1, 0.15) is 0 Å². The van der Waals surface area contributed by atoms with Crippen LogP contribution in [0.3, 0.4) is 0 Å². The molecule has 0 saturated carbocycles. The summed E-state index contributed by atoms with van der Waals surface area (Å²) < 4.78 is 4.62. The van der Waals surface area contributed by atoms with Gasteiger partial charge in [-0.3, -0.25) is 4.79 Å². The number of esters is 1. The Hall–Kier alpha value is -2.62. The molecule has 0 bridgehead atoms. The van der Waals surface area contributed by atoms with Crippen LogP contribution in [0.25, 0.3) is 0 Å². The fourth-order valence-corrected chi connectivity index (χ4v) is 2.03. The van der Waals surface area contributed by atoms with E-state index >= 15 is 0 Å². The summed E-state index contributed by atoms with van der Waals surface area (Å²) in [5.74, 6) is -0.180. The smallest absolute Gasteiger partial charge is 0.337 e. The molecule has 2 rings (SSSR count). The van der Waals surface area contributed by atoms with Crippen LogP contribution in [0.5, 0.6) is 0 Å². The Morgan fingerprint density at radius 3 is 1.95 bits per heavy atom. The van der Waals surface area contributed by atoms with Crippen LogP contribution in [-0.4, -0.2) is 19.0 Å². The van der Waals surface area contributed by atoms with Crippen molar-refractivity contribution >= 4 is 17.6 Å². The molecule has 0 aliphatic heterocycles. The first-order valence-electron chi connectivity index (χ1n) is 7.11. The number of carbonyl (C=O) groups is 2. The number of ether oxygens (including phenoxy) is 1. The number of hydrogen-bond donors (Lipinski definition) is 1. The summed E-state index contributed by atoms with van der Waals surface area (Å²) in [6.07, 6.45) is 0. The predicted molar refractivity (Wildman–Crippen MR) is 86.3 cm³/mol. The van der Waals surface area contributed by atoms with Crippen molar-refractivity contribution in [3.8, 4) is 0 Å². The van der Waals surface area contributed by atoms with Crippen molar-refractivity contribution < 1.29 is 14.3 Å². The summed E-state index contributed by atoms with van der Waals surface area (Å²) >= 11 is 0. The third kappa shape index (κ3) is 3.73. The highest BCUT2D eigenvalue weighted by Gasteiger charge is 2.09. The van der Waals surface area contributed by atoms with Crippen LogP contribution < -0.4 is 5.32 Å². The maximum atomic E-state index is 12.2. The molecule has 1 amide bonds. The fourth-order valence-electron chi connectivity index (χ4n) is 2.03. The van der Waals surface area contributed by atoms with Gasteiger partial charge < -0.3 is 10.1 Å². The quantitative estimate of drug-likeness (QED) is 0.872. The Balaban J connectivity index is 2.07. The van der Waals surface area contributed by atoms with Crippen LogP contribution in [0.15, 0.2) is 48.5 Å². The van der Waals surface area contributed by atoms with Crippen LogP contribution in [0, 0.1) is 0 Å². The minimum atomic E-state index is -0.420. The first-order chi connectivity index (χ1) is 10.5. The average Bonchev–Trinajstić information content (AvgIpc) is 2.54. The molecule has 4 nitrogen and oxygen atoms in total. The van der Waals surface area contributed by atoms with E-state index in [4.69, 9.17) is 0 Å². The van der Waals surface area contributed by atoms with E-state index < -0.39 is 5.97 Å². The SMILES string of the molecule is COC(=O)c1ccc(C(=O)Nc2ccc(C(C)C)cc2)cc1.